The summed E-state index contributed by atoms with van der Waals surface area (Å²) >= 11 is 1.44. The molecule has 7 heteroatoms. The fourth-order valence-corrected chi connectivity index (χ4v) is 2.77. The van der Waals surface area contributed by atoms with Crippen LogP contribution in [0.5, 0.6) is 0 Å². The molecule has 0 aliphatic heterocycles. The van der Waals surface area contributed by atoms with Gasteiger partial charge in [0.05, 0.1) is 17.5 Å². The Morgan fingerprint density at radius 2 is 2.19 bits per heavy atom. The number of amides is 1. The molecule has 2 aromatic heterocycles. The highest BCUT2D eigenvalue weighted by molar-refractivity contribution is 7.98. The molecule has 3 N–H and O–H groups in total. The minimum Gasteiger partial charge on any atom is -0.459 e. The van der Waals surface area contributed by atoms with Crippen molar-refractivity contribution in [3.63, 3.8) is 0 Å². The van der Waals surface area contributed by atoms with Gasteiger partial charge in [-0.1, -0.05) is 30.0 Å². The molecule has 0 aliphatic rings. The van der Waals surface area contributed by atoms with Crippen molar-refractivity contribution in [3.8, 4) is 0 Å². The van der Waals surface area contributed by atoms with Gasteiger partial charge in [-0.3, -0.25) is 15.2 Å². The number of fused-ring (bicyclic) bond motifs is 1. The summed E-state index contributed by atoms with van der Waals surface area (Å²) in [7, 11) is 0. The Balaban J connectivity index is 1.95. The van der Waals surface area contributed by atoms with Gasteiger partial charge >= 0.3 is 0 Å². The van der Waals surface area contributed by atoms with Crippen molar-refractivity contribution in [1.29, 1.82) is 0 Å². The number of hydrazine groups is 1. The van der Waals surface area contributed by atoms with E-state index >= 15 is 0 Å². The third-order valence-corrected chi connectivity index (χ3v) is 3.83. The minimum absolute atomic E-state index is 0.366. The molecule has 0 atom stereocenters. The van der Waals surface area contributed by atoms with E-state index in [1.54, 1.807) is 18.6 Å². The van der Waals surface area contributed by atoms with Crippen molar-refractivity contribution in [2.24, 2.45) is 5.84 Å². The van der Waals surface area contributed by atoms with E-state index in [1.807, 2.05) is 24.3 Å². The average Bonchev–Trinajstić information content (AvgIpc) is 2.91. The van der Waals surface area contributed by atoms with Crippen LogP contribution in [-0.4, -0.2) is 15.9 Å². The number of para-hydroxylation sites is 1. The quantitative estimate of drug-likeness (QED) is 0.332. The molecule has 2 heterocycles. The van der Waals surface area contributed by atoms with Gasteiger partial charge in [0.2, 0.25) is 0 Å². The highest BCUT2D eigenvalue weighted by atomic mass is 32.2. The average molecular weight is 300 g/mol. The van der Waals surface area contributed by atoms with E-state index in [1.165, 1.54) is 11.8 Å². The highest BCUT2D eigenvalue weighted by Crippen LogP contribution is 2.30. The number of benzene rings is 1. The lowest BCUT2D eigenvalue weighted by Gasteiger charge is -2.01. The van der Waals surface area contributed by atoms with Gasteiger partial charge in [0, 0.05) is 17.8 Å². The van der Waals surface area contributed by atoms with Crippen LogP contribution in [0.25, 0.3) is 11.0 Å². The number of carbonyl (C=O) groups excluding carboxylic acids is 1. The van der Waals surface area contributed by atoms with Gasteiger partial charge in [-0.2, -0.15) is 0 Å². The van der Waals surface area contributed by atoms with Crippen LogP contribution in [0.1, 0.15) is 16.1 Å². The summed E-state index contributed by atoms with van der Waals surface area (Å²) in [4.78, 5) is 20.2. The molecule has 3 aromatic rings. The maximum atomic E-state index is 12.0. The molecule has 106 valence electrons. The van der Waals surface area contributed by atoms with Crippen LogP contribution < -0.4 is 11.3 Å². The van der Waals surface area contributed by atoms with E-state index in [9.17, 15) is 4.79 Å². The van der Waals surface area contributed by atoms with E-state index in [4.69, 9.17) is 10.3 Å². The number of hydrogen-bond donors (Lipinski definition) is 2. The SMILES string of the molecule is NNC(=O)c1c(CSc2cnccn2)oc2ccccc12. The van der Waals surface area contributed by atoms with Gasteiger partial charge in [-0.05, 0) is 6.07 Å². The van der Waals surface area contributed by atoms with Crippen molar-refractivity contribution in [1.82, 2.24) is 15.4 Å². The number of furan rings is 1. The predicted octanol–water partition coefficient (Wildman–Crippen LogP) is 2.12. The molecule has 1 aromatic carbocycles. The molecule has 21 heavy (non-hydrogen) atoms. The first-order valence-electron chi connectivity index (χ1n) is 6.19. The molecule has 1 amide bonds. The third kappa shape index (κ3) is 2.74. The zero-order valence-electron chi connectivity index (χ0n) is 10.9. The Labute approximate surface area is 124 Å². The Morgan fingerprint density at radius 3 is 2.95 bits per heavy atom. The second-order valence-corrected chi connectivity index (χ2v) is 5.20. The van der Waals surface area contributed by atoms with Crippen molar-refractivity contribution in [2.75, 3.05) is 0 Å². The number of rotatable bonds is 4. The van der Waals surface area contributed by atoms with E-state index in [0.717, 1.165) is 10.4 Å². The third-order valence-electron chi connectivity index (χ3n) is 2.92. The first-order valence-corrected chi connectivity index (χ1v) is 7.18. The lowest BCUT2D eigenvalue weighted by molar-refractivity contribution is 0.0953. The summed E-state index contributed by atoms with van der Waals surface area (Å²) < 4.78 is 5.76. The molecule has 0 saturated carbocycles. The second-order valence-electron chi connectivity index (χ2n) is 4.20. The molecule has 0 spiro atoms. The standard InChI is InChI=1S/C14H12N4O2S/c15-18-14(19)13-9-3-1-2-4-10(9)20-11(13)8-21-12-7-16-5-6-17-12/h1-7H,8,15H2,(H,18,19). The summed E-state index contributed by atoms with van der Waals surface area (Å²) in [5.41, 5.74) is 3.28. The van der Waals surface area contributed by atoms with E-state index in [0.29, 0.717) is 22.7 Å². The molecule has 0 saturated heterocycles. The van der Waals surface area contributed by atoms with E-state index in [2.05, 4.69) is 15.4 Å². The van der Waals surface area contributed by atoms with Crippen LogP contribution in [0.3, 0.4) is 0 Å². The molecule has 0 radical (unpaired) electrons. The number of nitrogens with one attached hydrogen (secondary N) is 1. The van der Waals surface area contributed by atoms with Crippen LogP contribution >= 0.6 is 11.8 Å². The number of carbonyl (C=O) groups is 1. The van der Waals surface area contributed by atoms with Gasteiger partial charge in [-0.25, -0.2) is 10.8 Å². The topological polar surface area (TPSA) is 94.0 Å². The second kappa shape index (κ2) is 5.94. The number of nitrogens with two attached hydrogens (primary N) is 1. The Morgan fingerprint density at radius 1 is 1.33 bits per heavy atom. The maximum Gasteiger partial charge on any atom is 0.269 e. The number of nitrogen functional groups attached to an aromatic ring is 1. The smallest absolute Gasteiger partial charge is 0.269 e. The van der Waals surface area contributed by atoms with Crippen LogP contribution in [-0.2, 0) is 5.75 Å². The number of thioether (sulfide) groups is 1. The largest absolute Gasteiger partial charge is 0.459 e. The van der Waals surface area contributed by atoms with Gasteiger partial charge < -0.3 is 4.42 Å². The van der Waals surface area contributed by atoms with Gasteiger partial charge in [0.25, 0.3) is 5.91 Å². The predicted molar refractivity (Wildman–Crippen MR) is 79.5 cm³/mol. The number of nitrogens with zero attached hydrogens (tertiary/aromatic N) is 2. The molecule has 0 unspecified atom stereocenters. The van der Waals surface area contributed by atoms with Crippen molar-refractivity contribution in [2.45, 2.75) is 10.8 Å². The van der Waals surface area contributed by atoms with Crippen molar-refractivity contribution < 1.29 is 9.21 Å². The summed E-state index contributed by atoms with van der Waals surface area (Å²) in [5, 5.41) is 1.51. The summed E-state index contributed by atoms with van der Waals surface area (Å²) in [6, 6.07) is 7.36. The van der Waals surface area contributed by atoms with Gasteiger partial charge in [0.1, 0.15) is 16.4 Å². The summed E-state index contributed by atoms with van der Waals surface area (Å²) in [6.07, 6.45) is 4.89. The minimum atomic E-state index is -0.366. The molecule has 0 bridgehead atoms. The first kappa shape index (κ1) is 13.6. The first-order chi connectivity index (χ1) is 10.3. The Bertz CT molecular complexity index is 773. The summed E-state index contributed by atoms with van der Waals surface area (Å²) in [6.45, 7) is 0. The zero-order valence-corrected chi connectivity index (χ0v) is 11.8. The molecule has 0 aliphatic carbocycles. The normalized spacial score (nSPS) is 10.7. The van der Waals surface area contributed by atoms with Crippen LogP contribution in [0, 0.1) is 0 Å². The van der Waals surface area contributed by atoms with Gasteiger partial charge in [0.15, 0.2) is 0 Å². The molecule has 0 fully saturated rings. The molecular formula is C14H12N4O2S. The fraction of sp³-hybridized carbons (Fsp3) is 0.0714. The molecule has 6 nitrogen and oxygen atoms in total. The Kier molecular flexibility index (Phi) is 3.85. The Hall–Kier alpha value is -2.38. The van der Waals surface area contributed by atoms with Crippen molar-refractivity contribution >= 4 is 28.6 Å². The fourth-order valence-electron chi connectivity index (χ4n) is 2.02. The highest BCUT2D eigenvalue weighted by Gasteiger charge is 2.20. The van der Waals surface area contributed by atoms with Crippen molar-refractivity contribution in [3.05, 3.63) is 54.2 Å². The van der Waals surface area contributed by atoms with Crippen LogP contribution in [0.2, 0.25) is 0 Å². The van der Waals surface area contributed by atoms with Crippen LogP contribution in [0.4, 0.5) is 0 Å². The molecule has 3 rings (SSSR count). The number of hydrogen-bond acceptors (Lipinski definition) is 6. The lowest BCUT2D eigenvalue weighted by Crippen LogP contribution is -2.30. The summed E-state index contributed by atoms with van der Waals surface area (Å²) in [5.74, 6) is 5.93. The monoisotopic (exact) mass is 300 g/mol. The number of aromatic nitrogens is 2. The van der Waals surface area contributed by atoms with Gasteiger partial charge in [-0.15, -0.1) is 0 Å². The lowest BCUT2D eigenvalue weighted by atomic mass is 10.1. The van der Waals surface area contributed by atoms with E-state index in [-0.39, 0.29) is 5.91 Å². The zero-order chi connectivity index (χ0) is 14.7. The van der Waals surface area contributed by atoms with E-state index < -0.39 is 0 Å². The van der Waals surface area contributed by atoms with Crippen LogP contribution in [0.15, 0.2) is 52.3 Å². The molecular weight excluding hydrogens is 288 g/mol. The maximum absolute atomic E-state index is 12.0.